The number of aliphatic carboxylic acids is 2. The minimum absolute atomic E-state index is 0.00144. The molecule has 3 amide bonds. The molecular weight excluding hydrogens is 831 g/mol. The number of carboxylic acid groups (broad SMARTS) is 2. The number of hydrogen-bond acceptors (Lipinski definition) is 13. The van der Waals surface area contributed by atoms with Crippen LogP contribution in [0, 0.1) is 0 Å². The van der Waals surface area contributed by atoms with Crippen molar-refractivity contribution >= 4 is 41.2 Å². The highest BCUT2D eigenvalue weighted by Gasteiger charge is 2.21. The summed E-state index contributed by atoms with van der Waals surface area (Å²) in [5.74, 6) is -2.37. The van der Waals surface area contributed by atoms with Crippen LogP contribution in [0.5, 0.6) is 0 Å². The number of nitrogens with two attached hydrogens (primary N) is 1. The van der Waals surface area contributed by atoms with E-state index < -0.39 is 18.0 Å². The molecule has 0 aliphatic heterocycles. The minimum atomic E-state index is -1.11. The number of amides is 3. The van der Waals surface area contributed by atoms with Gasteiger partial charge in [0.05, 0.1) is 39.1 Å². The zero-order valence-corrected chi connectivity index (χ0v) is 39.7. The lowest BCUT2D eigenvalue weighted by molar-refractivity contribution is -0.142. The number of ether oxygens (including phenoxy) is 4. The molecular formula is C46H89N5O13. The van der Waals surface area contributed by atoms with Gasteiger partial charge in [0.2, 0.25) is 17.7 Å². The van der Waals surface area contributed by atoms with Crippen molar-refractivity contribution < 1.29 is 64.1 Å². The minimum Gasteiger partial charge on any atom is -0.481 e. The molecule has 2 atom stereocenters. The zero-order valence-electron chi connectivity index (χ0n) is 40.7. The lowest BCUT2D eigenvalue weighted by Crippen LogP contribution is -2.41. The summed E-state index contributed by atoms with van der Waals surface area (Å²) in [6.45, 7) is 5.02. The number of unbranched alkanes of at least 4 members (excludes halogenated alkanes) is 15. The third-order valence-electron chi connectivity index (χ3n) is 10.2. The first-order valence-electron chi connectivity index (χ1n) is 24.2. The summed E-state index contributed by atoms with van der Waals surface area (Å²) in [5, 5.41) is 26.1. The third kappa shape index (κ3) is 47.9. The monoisotopic (exact) mass is 922 g/mol. The summed E-state index contributed by atoms with van der Waals surface area (Å²) < 4.78 is 26.0. The first-order chi connectivity index (χ1) is 31.4. The van der Waals surface area contributed by atoms with Crippen molar-refractivity contribution in [3.05, 3.63) is 0 Å². The van der Waals surface area contributed by atoms with Gasteiger partial charge in [0.25, 0.3) is 0 Å². The van der Waals surface area contributed by atoms with E-state index in [1.807, 2.05) is 0 Å². The highest BCUT2D eigenvalue weighted by atomic mass is 16.5. The highest BCUT2D eigenvalue weighted by molar-refractivity contribution is 5.85. The van der Waals surface area contributed by atoms with Crippen molar-refractivity contribution in [2.24, 2.45) is 5.73 Å². The van der Waals surface area contributed by atoms with E-state index in [0.717, 1.165) is 64.2 Å². The van der Waals surface area contributed by atoms with Crippen LogP contribution >= 0.6 is 0 Å². The predicted octanol–water partition coefficient (Wildman–Crippen LogP) is 5.98. The lowest BCUT2D eigenvalue weighted by atomic mass is 10.0. The molecule has 18 nitrogen and oxygen atoms in total. The first-order valence-corrected chi connectivity index (χ1v) is 23.6. The van der Waals surface area contributed by atoms with Gasteiger partial charge in [0.1, 0.15) is 19.8 Å². The molecule has 0 fully saturated rings. The number of carbonyl (C=O) groups excluding carboxylic acids is 5. The van der Waals surface area contributed by atoms with Crippen LogP contribution in [0.15, 0.2) is 0 Å². The molecule has 0 rings (SSSR count). The Hall–Kier alpha value is -3.55. The Morgan fingerprint density at radius 1 is 0.562 bits per heavy atom. The number of hydrogen-bond donors (Lipinski definition) is 7. The van der Waals surface area contributed by atoms with Crippen molar-refractivity contribution in [2.45, 2.75) is 186 Å². The number of carboxylic acids is 2. The van der Waals surface area contributed by atoms with Crippen LogP contribution in [0.2, 0.25) is 1.41 Å². The molecule has 0 spiro atoms. The summed E-state index contributed by atoms with van der Waals surface area (Å²) in [7, 11) is 3.30. The van der Waals surface area contributed by atoms with Crippen molar-refractivity contribution in [2.75, 3.05) is 67.0 Å². The van der Waals surface area contributed by atoms with Crippen molar-refractivity contribution in [1.29, 1.82) is 0 Å². The number of rotatable bonds is 46. The van der Waals surface area contributed by atoms with Crippen LogP contribution in [0.4, 0.5) is 0 Å². The van der Waals surface area contributed by atoms with Gasteiger partial charge in [0, 0.05) is 58.8 Å². The van der Waals surface area contributed by atoms with Gasteiger partial charge in [-0.3, -0.25) is 28.8 Å². The van der Waals surface area contributed by atoms with Gasteiger partial charge in [-0.1, -0.05) is 96.8 Å². The van der Waals surface area contributed by atoms with E-state index >= 15 is 0 Å². The summed E-state index contributed by atoms with van der Waals surface area (Å²) in [6.07, 6.45) is 25.2. The van der Waals surface area contributed by atoms with Gasteiger partial charge in [-0.15, -0.1) is 0 Å². The Labute approximate surface area is 385 Å². The maximum Gasteiger partial charge on any atom is 0.326 e. The molecule has 0 saturated carbocycles. The van der Waals surface area contributed by atoms with Gasteiger partial charge >= 0.3 is 11.9 Å². The summed E-state index contributed by atoms with van der Waals surface area (Å²) in [6, 6.07) is -1.32. The van der Waals surface area contributed by atoms with Crippen molar-refractivity contribution in [3.63, 3.8) is 0 Å². The molecule has 0 aliphatic carbocycles. The average Bonchev–Trinajstić information content (AvgIpc) is 3.28. The molecule has 376 valence electrons. The van der Waals surface area contributed by atoms with Gasteiger partial charge in [-0.2, -0.15) is 0 Å². The number of Topliss-reactive ketones (excluding diaryl/α,β-unsaturated/α-hetero) is 2. The summed E-state index contributed by atoms with van der Waals surface area (Å²) >= 11 is 0. The van der Waals surface area contributed by atoms with E-state index in [0.29, 0.717) is 84.7 Å². The Kier molecular flexibility index (Phi) is 47.8. The SMILES string of the molecule is CCC(=O)NCCOCCOCC(=O)CCCCC[C@H](NC)C(N)=O.COCCOCCCC(=O)CC[C@H](NC(=O)CCCCCCCCCCCCCCCCC(=O)O)C(=O)O.[3H]N. The number of likely N-dealkylation sites (N-methyl/N-ethyl adjacent to an activating group) is 1. The molecule has 0 saturated heterocycles. The van der Waals surface area contributed by atoms with Crippen LogP contribution in [0.3, 0.4) is 0 Å². The van der Waals surface area contributed by atoms with Crippen LogP contribution in [0.25, 0.3) is 0 Å². The molecule has 0 heterocycles. The molecule has 0 unspecified atom stereocenters. The smallest absolute Gasteiger partial charge is 0.326 e. The maximum absolute atomic E-state index is 12.2. The second-order valence-electron chi connectivity index (χ2n) is 15.8. The topological polar surface area (TPSA) is 294 Å². The van der Waals surface area contributed by atoms with Crippen molar-refractivity contribution in [1.82, 2.24) is 22.1 Å². The highest BCUT2D eigenvalue weighted by Crippen LogP contribution is 2.14. The number of methoxy groups -OCH3 is 1. The van der Waals surface area contributed by atoms with E-state index in [9.17, 15) is 38.7 Å². The van der Waals surface area contributed by atoms with Crippen LogP contribution in [-0.4, -0.2) is 130 Å². The molecule has 0 aromatic rings. The van der Waals surface area contributed by atoms with E-state index in [1.165, 1.54) is 44.9 Å². The Morgan fingerprint density at radius 3 is 1.59 bits per heavy atom. The third-order valence-corrected chi connectivity index (χ3v) is 10.2. The average molecular weight is 922 g/mol. The molecule has 0 bridgehead atoms. The molecule has 64 heavy (non-hydrogen) atoms. The maximum atomic E-state index is 12.2. The largest absolute Gasteiger partial charge is 0.481 e. The van der Waals surface area contributed by atoms with Crippen LogP contribution in [0.1, 0.15) is 174 Å². The van der Waals surface area contributed by atoms with Gasteiger partial charge < -0.3 is 57.0 Å². The molecule has 0 aromatic carbocycles. The number of carbonyl (C=O) groups is 7. The van der Waals surface area contributed by atoms with Crippen LogP contribution < -0.4 is 27.8 Å². The van der Waals surface area contributed by atoms with E-state index in [4.69, 9.17) is 31.2 Å². The number of ketones is 2. The fourth-order valence-electron chi connectivity index (χ4n) is 6.39. The zero-order chi connectivity index (χ0) is 49.2. The lowest BCUT2D eigenvalue weighted by Gasteiger charge is -2.14. The van der Waals surface area contributed by atoms with Crippen molar-refractivity contribution in [3.8, 4) is 0 Å². The second-order valence-corrected chi connectivity index (χ2v) is 15.8. The normalized spacial score (nSPS) is 11.8. The van der Waals surface area contributed by atoms with E-state index in [2.05, 4.69) is 22.1 Å². The molecule has 0 aromatic heterocycles. The number of primary amides is 1. The standard InChI is InChI=1S/C29H53NO8.C17H33N3O5.H3N/c1-37-23-24-38-22-16-17-25(31)20-21-26(29(35)36)30-27(32)18-14-12-10-8-6-4-2-3-5-7-9-11-13-15-19-28(33)34;1-3-16(22)20-9-10-24-11-12-25-13-14(21)7-5-4-6-8-15(19-2)17(18)23;/h26H,2-24H2,1H3,(H,30,32)(H,33,34)(H,35,36);15,19H,3-13H2,1-2H3,(H2,18,23)(H,20,22);1H3/t26-;15-;/m00./s1/i/hT. The van der Waals surface area contributed by atoms with Crippen LogP contribution in [-0.2, 0) is 52.5 Å². The molecule has 0 aliphatic rings. The Balaban J connectivity index is -0.00000123. The first kappa shape index (κ1) is 62.5. The van der Waals surface area contributed by atoms with Gasteiger partial charge in [-0.25, -0.2) is 4.79 Å². The van der Waals surface area contributed by atoms with E-state index in [-0.39, 0.29) is 61.2 Å². The molecule has 10 N–H and O–H groups in total. The van der Waals surface area contributed by atoms with E-state index in [1.54, 1.807) is 21.1 Å². The molecule has 18 heteroatoms. The fraction of sp³-hybridized carbons (Fsp3) is 0.848. The fourth-order valence-corrected chi connectivity index (χ4v) is 6.39. The summed E-state index contributed by atoms with van der Waals surface area (Å²) in [4.78, 5) is 79.7. The second kappa shape index (κ2) is 48.9. The Morgan fingerprint density at radius 2 is 1.06 bits per heavy atom. The molecule has 0 radical (unpaired) electrons. The Bertz CT molecular complexity index is 1200. The summed E-state index contributed by atoms with van der Waals surface area (Å²) in [5.41, 5.74) is 5.24. The quantitative estimate of drug-likeness (QED) is 0.0346. The predicted molar refractivity (Wildman–Crippen MR) is 247 cm³/mol. The van der Waals surface area contributed by atoms with Gasteiger partial charge in [0.15, 0.2) is 5.78 Å². The number of nitrogens with one attached hydrogen (secondary N) is 3. The van der Waals surface area contributed by atoms with Gasteiger partial charge in [-0.05, 0) is 45.6 Å².